The quantitative estimate of drug-likeness (QED) is 0.789. The molecule has 0 spiro atoms. The zero-order chi connectivity index (χ0) is 14.1. The van der Waals surface area contributed by atoms with E-state index in [4.69, 9.17) is 16.3 Å². The first-order valence-electron chi connectivity index (χ1n) is 5.44. The predicted octanol–water partition coefficient (Wildman–Crippen LogP) is 2.41. The van der Waals surface area contributed by atoms with Crippen molar-refractivity contribution in [3.8, 4) is 0 Å². The monoisotopic (exact) mass is 272 g/mol. The lowest BCUT2D eigenvalue weighted by Gasteiger charge is -2.24. The second kappa shape index (κ2) is 5.02. The van der Waals surface area contributed by atoms with Gasteiger partial charge in [0.15, 0.2) is 0 Å². The first-order valence-corrected chi connectivity index (χ1v) is 5.82. The van der Waals surface area contributed by atoms with Crippen LogP contribution in [0, 0.1) is 0 Å². The van der Waals surface area contributed by atoms with Gasteiger partial charge in [-0.05, 0) is 26.8 Å². The van der Waals surface area contributed by atoms with E-state index < -0.39 is 11.7 Å². The van der Waals surface area contributed by atoms with Crippen molar-refractivity contribution >= 4 is 23.4 Å². The van der Waals surface area contributed by atoms with Crippen LogP contribution in [0.15, 0.2) is 17.1 Å². The zero-order valence-corrected chi connectivity index (χ0v) is 11.9. The topological polar surface area (TPSA) is 51.5 Å². The Hall–Kier alpha value is -1.49. The lowest BCUT2D eigenvalue weighted by atomic mass is 10.2. The third-order valence-electron chi connectivity index (χ3n) is 2.16. The number of pyridine rings is 1. The minimum Gasteiger partial charge on any atom is -0.443 e. The molecule has 1 heterocycles. The number of hydrogen-bond acceptors (Lipinski definition) is 3. The van der Waals surface area contributed by atoms with E-state index in [1.54, 1.807) is 27.8 Å². The molecule has 1 aromatic heterocycles. The van der Waals surface area contributed by atoms with Crippen LogP contribution in [0.2, 0.25) is 5.02 Å². The molecule has 1 rings (SSSR count). The van der Waals surface area contributed by atoms with Crippen LogP contribution in [0.5, 0.6) is 0 Å². The van der Waals surface area contributed by atoms with Crippen molar-refractivity contribution < 1.29 is 9.53 Å². The number of amides is 1. The van der Waals surface area contributed by atoms with E-state index in [-0.39, 0.29) is 11.2 Å². The first kappa shape index (κ1) is 14.6. The van der Waals surface area contributed by atoms with Crippen LogP contribution in [0.4, 0.5) is 10.5 Å². The molecule has 6 heteroatoms. The third kappa shape index (κ3) is 3.50. The van der Waals surface area contributed by atoms with Crippen molar-refractivity contribution in [2.45, 2.75) is 26.4 Å². The molecule has 0 atom stereocenters. The maximum atomic E-state index is 11.9. The number of halogens is 1. The van der Waals surface area contributed by atoms with Crippen molar-refractivity contribution in [1.29, 1.82) is 0 Å². The van der Waals surface area contributed by atoms with Gasteiger partial charge < -0.3 is 9.30 Å². The molecule has 0 saturated heterocycles. The van der Waals surface area contributed by atoms with Gasteiger partial charge in [0.1, 0.15) is 11.3 Å². The van der Waals surface area contributed by atoms with E-state index in [0.717, 1.165) is 4.90 Å². The highest BCUT2D eigenvalue weighted by Gasteiger charge is 2.22. The van der Waals surface area contributed by atoms with Gasteiger partial charge in [-0.3, -0.25) is 9.69 Å². The molecule has 18 heavy (non-hydrogen) atoms. The molecule has 100 valence electrons. The molecule has 0 aromatic carbocycles. The maximum Gasteiger partial charge on any atom is 0.414 e. The number of aryl methyl sites for hydroxylation is 1. The SMILES string of the molecule is CN(C(=O)OC(C)(C)C)c1cc(Cl)cn(C)c1=O. The Bertz CT molecular complexity index is 517. The van der Waals surface area contributed by atoms with Crippen molar-refractivity contribution in [2.24, 2.45) is 7.05 Å². The van der Waals surface area contributed by atoms with Gasteiger partial charge in [-0.1, -0.05) is 11.6 Å². The summed E-state index contributed by atoms with van der Waals surface area (Å²) in [4.78, 5) is 24.9. The summed E-state index contributed by atoms with van der Waals surface area (Å²) < 4.78 is 6.50. The summed E-state index contributed by atoms with van der Waals surface area (Å²) >= 11 is 5.87. The lowest BCUT2D eigenvalue weighted by Crippen LogP contribution is -2.37. The van der Waals surface area contributed by atoms with E-state index in [2.05, 4.69) is 0 Å². The van der Waals surface area contributed by atoms with Crippen molar-refractivity contribution in [3.63, 3.8) is 0 Å². The van der Waals surface area contributed by atoms with E-state index in [9.17, 15) is 9.59 Å². The molecule has 1 amide bonds. The smallest absolute Gasteiger partial charge is 0.414 e. The average Bonchev–Trinajstić information content (AvgIpc) is 2.19. The Morgan fingerprint density at radius 3 is 2.50 bits per heavy atom. The number of rotatable bonds is 1. The highest BCUT2D eigenvalue weighted by Crippen LogP contribution is 2.16. The van der Waals surface area contributed by atoms with Gasteiger partial charge in [-0.2, -0.15) is 0 Å². The first-order chi connectivity index (χ1) is 8.11. The molecule has 1 aromatic rings. The molecule has 0 bridgehead atoms. The highest BCUT2D eigenvalue weighted by molar-refractivity contribution is 6.30. The number of ether oxygens (including phenoxy) is 1. The molecule has 0 unspecified atom stereocenters. The minimum absolute atomic E-state index is 0.180. The van der Waals surface area contributed by atoms with Crippen LogP contribution in [-0.2, 0) is 11.8 Å². The predicted molar refractivity (Wildman–Crippen MR) is 71.3 cm³/mol. The van der Waals surface area contributed by atoms with Crippen LogP contribution >= 0.6 is 11.6 Å². The summed E-state index contributed by atoms with van der Waals surface area (Å²) in [6.45, 7) is 5.28. The van der Waals surface area contributed by atoms with Crippen molar-refractivity contribution in [3.05, 3.63) is 27.6 Å². The van der Waals surface area contributed by atoms with Crippen LogP contribution < -0.4 is 10.5 Å². The van der Waals surface area contributed by atoms with Crippen LogP contribution in [0.25, 0.3) is 0 Å². The number of carbonyl (C=O) groups excluding carboxylic acids is 1. The molecule has 0 aliphatic heterocycles. The summed E-state index contributed by atoms with van der Waals surface area (Å²) in [7, 11) is 3.04. The summed E-state index contributed by atoms with van der Waals surface area (Å²) in [6.07, 6.45) is 0.887. The molecule has 0 radical (unpaired) electrons. The number of aromatic nitrogens is 1. The van der Waals surface area contributed by atoms with Crippen LogP contribution in [0.1, 0.15) is 20.8 Å². The fraction of sp³-hybridized carbons (Fsp3) is 0.500. The molecule has 5 nitrogen and oxygen atoms in total. The Labute approximate surface area is 111 Å². The maximum absolute atomic E-state index is 11.9. The van der Waals surface area contributed by atoms with Crippen LogP contribution in [0.3, 0.4) is 0 Å². The number of anilines is 1. The van der Waals surface area contributed by atoms with E-state index in [1.165, 1.54) is 23.9 Å². The van der Waals surface area contributed by atoms with E-state index in [1.807, 2.05) is 0 Å². The molecule has 0 fully saturated rings. The Morgan fingerprint density at radius 2 is 2.00 bits per heavy atom. The zero-order valence-electron chi connectivity index (χ0n) is 11.2. The molecule has 0 aliphatic carbocycles. The second-order valence-corrected chi connectivity index (χ2v) is 5.44. The molecule has 0 N–H and O–H groups in total. The normalized spacial score (nSPS) is 11.2. The minimum atomic E-state index is -0.616. The number of hydrogen-bond donors (Lipinski definition) is 0. The van der Waals surface area contributed by atoms with E-state index in [0.29, 0.717) is 5.02 Å². The Morgan fingerprint density at radius 1 is 1.44 bits per heavy atom. The van der Waals surface area contributed by atoms with Crippen molar-refractivity contribution in [1.82, 2.24) is 4.57 Å². The van der Waals surface area contributed by atoms with Crippen molar-refractivity contribution in [2.75, 3.05) is 11.9 Å². The average molecular weight is 273 g/mol. The molecule has 0 aliphatic rings. The Balaban J connectivity index is 3.08. The second-order valence-electron chi connectivity index (χ2n) is 5.00. The van der Waals surface area contributed by atoms with Gasteiger partial charge in [0.05, 0.1) is 5.02 Å². The van der Waals surface area contributed by atoms with Crippen LogP contribution in [-0.4, -0.2) is 23.3 Å². The molecule has 0 saturated carbocycles. The van der Waals surface area contributed by atoms with Gasteiger partial charge in [0.25, 0.3) is 5.56 Å². The Kier molecular flexibility index (Phi) is 4.06. The lowest BCUT2D eigenvalue weighted by molar-refractivity contribution is 0.0589. The van der Waals surface area contributed by atoms with Gasteiger partial charge in [0.2, 0.25) is 0 Å². The van der Waals surface area contributed by atoms with E-state index >= 15 is 0 Å². The van der Waals surface area contributed by atoms with Gasteiger partial charge in [-0.25, -0.2) is 4.79 Å². The molecular formula is C12H17ClN2O3. The number of nitrogens with zero attached hydrogens (tertiary/aromatic N) is 2. The fourth-order valence-corrected chi connectivity index (χ4v) is 1.57. The van der Waals surface area contributed by atoms with Gasteiger partial charge in [0, 0.05) is 20.3 Å². The fourth-order valence-electron chi connectivity index (χ4n) is 1.32. The number of carbonyl (C=O) groups is 1. The largest absolute Gasteiger partial charge is 0.443 e. The summed E-state index contributed by atoms with van der Waals surface area (Å²) in [5, 5.41) is 0.377. The van der Waals surface area contributed by atoms with Gasteiger partial charge in [-0.15, -0.1) is 0 Å². The summed E-state index contributed by atoms with van der Waals surface area (Å²) in [5.41, 5.74) is -0.748. The third-order valence-corrected chi connectivity index (χ3v) is 2.37. The van der Waals surface area contributed by atoms with Gasteiger partial charge >= 0.3 is 6.09 Å². The standard InChI is InChI=1S/C12H17ClN2O3/c1-12(2,3)18-11(17)15(5)9-6-8(13)7-14(4)10(9)16/h6-7H,1-5H3. The summed E-state index contributed by atoms with van der Waals surface area (Å²) in [6, 6.07) is 1.44. The molecular weight excluding hydrogens is 256 g/mol. The highest BCUT2D eigenvalue weighted by atomic mass is 35.5. The summed E-state index contributed by atoms with van der Waals surface area (Å²) in [5.74, 6) is 0.